The first-order chi connectivity index (χ1) is 16.2. The van der Waals surface area contributed by atoms with Gasteiger partial charge in [0.05, 0.1) is 35.0 Å². The number of carbonyl (C=O) groups excluding carboxylic acids is 4. The fraction of sp³-hybridized carbons (Fsp3) is 0.391. The van der Waals surface area contributed by atoms with Crippen LogP contribution in [0, 0.1) is 5.92 Å². The number of Topliss-reactive ketones (excluding diaryl/α,β-unsaturated/α-hetero) is 2. The van der Waals surface area contributed by atoms with Crippen molar-refractivity contribution in [1.82, 2.24) is 9.80 Å². The highest BCUT2D eigenvalue weighted by Gasteiger charge is 2.76. The van der Waals surface area contributed by atoms with Crippen LogP contribution in [0.4, 0.5) is 4.79 Å². The number of piperazine rings is 1. The SMILES string of the molecule is COC12C(COC(N)=O)C3=C(C(=O)C(C)=C(N)C3=O)N1CC1C2N1COC(=O)c1ccccc1. The highest BCUT2D eigenvalue weighted by atomic mass is 16.6. The summed E-state index contributed by atoms with van der Waals surface area (Å²) in [5.74, 6) is -2.13. The number of fused-ring (bicyclic) bond motifs is 4. The molecule has 4 aliphatic rings. The second kappa shape index (κ2) is 7.67. The smallest absolute Gasteiger partial charge is 0.404 e. The molecule has 5 rings (SSSR count). The second-order valence-electron chi connectivity index (χ2n) is 8.66. The number of ether oxygens (including phenoxy) is 3. The van der Waals surface area contributed by atoms with E-state index in [0.29, 0.717) is 12.1 Å². The number of hydrogen-bond donors (Lipinski definition) is 2. The van der Waals surface area contributed by atoms with E-state index in [9.17, 15) is 19.2 Å². The van der Waals surface area contributed by atoms with Crippen molar-refractivity contribution in [3.8, 4) is 0 Å². The van der Waals surface area contributed by atoms with Crippen molar-refractivity contribution in [2.45, 2.75) is 24.7 Å². The first-order valence-electron chi connectivity index (χ1n) is 10.8. The van der Waals surface area contributed by atoms with Gasteiger partial charge in [-0.25, -0.2) is 9.59 Å². The van der Waals surface area contributed by atoms with Crippen LogP contribution in [0.25, 0.3) is 0 Å². The summed E-state index contributed by atoms with van der Waals surface area (Å²) in [5, 5.41) is 0. The highest BCUT2D eigenvalue weighted by molar-refractivity contribution is 6.25. The summed E-state index contributed by atoms with van der Waals surface area (Å²) >= 11 is 0. The maximum absolute atomic E-state index is 13.2. The van der Waals surface area contributed by atoms with E-state index in [-0.39, 0.29) is 53.7 Å². The molecular weight excluding hydrogens is 444 g/mol. The Morgan fingerprint density at radius 3 is 2.50 bits per heavy atom. The lowest BCUT2D eigenvalue weighted by Crippen LogP contribution is -2.55. The van der Waals surface area contributed by atoms with Gasteiger partial charge in [0.15, 0.2) is 5.72 Å². The van der Waals surface area contributed by atoms with Gasteiger partial charge in [-0.3, -0.25) is 14.5 Å². The van der Waals surface area contributed by atoms with Gasteiger partial charge in [-0.2, -0.15) is 0 Å². The summed E-state index contributed by atoms with van der Waals surface area (Å²) in [4.78, 5) is 53.8. The summed E-state index contributed by atoms with van der Waals surface area (Å²) < 4.78 is 16.6. The molecule has 1 aromatic rings. The van der Waals surface area contributed by atoms with Gasteiger partial charge in [0.25, 0.3) is 0 Å². The number of amides is 1. The van der Waals surface area contributed by atoms with E-state index in [1.165, 1.54) is 14.0 Å². The lowest BCUT2D eigenvalue weighted by Gasteiger charge is -2.41. The second-order valence-corrected chi connectivity index (χ2v) is 8.66. The highest BCUT2D eigenvalue weighted by Crippen LogP contribution is 2.59. The van der Waals surface area contributed by atoms with Gasteiger partial charge in [-0.05, 0) is 19.1 Å². The molecule has 0 radical (unpaired) electrons. The number of ketones is 2. The minimum absolute atomic E-state index is 0.00260. The van der Waals surface area contributed by atoms with Gasteiger partial charge in [-0.1, -0.05) is 18.2 Å². The van der Waals surface area contributed by atoms with E-state index in [2.05, 4.69) is 0 Å². The summed E-state index contributed by atoms with van der Waals surface area (Å²) in [6.45, 7) is 1.59. The minimum Gasteiger partial charge on any atom is -0.449 e. The zero-order valence-corrected chi connectivity index (χ0v) is 18.6. The van der Waals surface area contributed by atoms with Crippen molar-refractivity contribution >= 4 is 23.6 Å². The van der Waals surface area contributed by atoms with E-state index in [0.717, 1.165) is 0 Å². The Labute approximate surface area is 194 Å². The van der Waals surface area contributed by atoms with Crippen LogP contribution < -0.4 is 11.5 Å². The molecule has 4 N–H and O–H groups in total. The van der Waals surface area contributed by atoms with E-state index in [4.69, 9.17) is 25.7 Å². The van der Waals surface area contributed by atoms with Crippen LogP contribution in [-0.4, -0.2) is 78.2 Å². The summed E-state index contributed by atoms with van der Waals surface area (Å²) in [6, 6.07) is 8.19. The molecule has 1 amide bonds. The van der Waals surface area contributed by atoms with Crippen LogP contribution >= 0.6 is 0 Å². The van der Waals surface area contributed by atoms with Crippen molar-refractivity contribution in [2.75, 3.05) is 27.0 Å². The first-order valence-corrected chi connectivity index (χ1v) is 10.8. The number of carbonyl (C=O) groups is 4. The molecule has 5 unspecified atom stereocenters. The predicted molar refractivity (Wildman–Crippen MR) is 116 cm³/mol. The first kappa shape index (κ1) is 22.1. The molecule has 0 bridgehead atoms. The standard InChI is InChI=1S/C23H24N4O7/c1-11-16(24)19(29)15-13(9-33-22(25)31)23(32-2)20-14(8-27(23)17(15)18(11)28)26(20)10-34-21(30)12-6-4-3-5-7-12/h3-7,13-14,20H,8-10,24H2,1-2H3,(H2,25,31). The molecule has 34 heavy (non-hydrogen) atoms. The number of benzene rings is 1. The summed E-state index contributed by atoms with van der Waals surface area (Å²) in [7, 11) is 1.47. The van der Waals surface area contributed by atoms with Crippen LogP contribution in [0.1, 0.15) is 17.3 Å². The molecule has 3 heterocycles. The third-order valence-corrected chi connectivity index (χ3v) is 7.17. The van der Waals surface area contributed by atoms with Crippen molar-refractivity contribution in [2.24, 2.45) is 17.4 Å². The van der Waals surface area contributed by atoms with Gasteiger partial charge in [0, 0.05) is 24.8 Å². The van der Waals surface area contributed by atoms with Crippen LogP contribution in [-0.2, 0) is 23.8 Å². The van der Waals surface area contributed by atoms with Crippen LogP contribution in [0.15, 0.2) is 52.9 Å². The third-order valence-electron chi connectivity index (χ3n) is 7.17. The van der Waals surface area contributed by atoms with Gasteiger partial charge in [0.1, 0.15) is 13.3 Å². The maximum Gasteiger partial charge on any atom is 0.404 e. The van der Waals surface area contributed by atoms with Crippen molar-refractivity contribution < 1.29 is 33.4 Å². The third kappa shape index (κ3) is 2.90. The Balaban J connectivity index is 1.44. The minimum atomic E-state index is -1.19. The lowest BCUT2D eigenvalue weighted by molar-refractivity contribution is -0.148. The average Bonchev–Trinajstić information content (AvgIpc) is 3.29. The zero-order valence-electron chi connectivity index (χ0n) is 18.6. The van der Waals surface area contributed by atoms with Crippen LogP contribution in [0.5, 0.6) is 0 Å². The van der Waals surface area contributed by atoms with Gasteiger partial charge in [-0.15, -0.1) is 0 Å². The van der Waals surface area contributed by atoms with E-state index in [1.807, 2.05) is 4.90 Å². The molecule has 5 atom stereocenters. The van der Waals surface area contributed by atoms with E-state index >= 15 is 0 Å². The average molecular weight is 468 g/mol. The maximum atomic E-state index is 13.2. The number of esters is 1. The van der Waals surface area contributed by atoms with Crippen molar-refractivity contribution in [1.29, 1.82) is 0 Å². The molecule has 0 spiro atoms. The van der Waals surface area contributed by atoms with Gasteiger partial charge in [0.2, 0.25) is 11.6 Å². The Hall–Kier alpha value is -3.70. The normalized spacial score (nSPS) is 31.3. The van der Waals surface area contributed by atoms with E-state index < -0.39 is 29.5 Å². The molecule has 1 aromatic carbocycles. The van der Waals surface area contributed by atoms with Gasteiger partial charge >= 0.3 is 12.1 Å². The Kier molecular flexibility index (Phi) is 4.99. The molecule has 0 saturated carbocycles. The fourth-order valence-electron chi connectivity index (χ4n) is 5.55. The van der Waals surface area contributed by atoms with Crippen molar-refractivity contribution in [3.05, 3.63) is 58.4 Å². The topological polar surface area (TPSA) is 154 Å². The monoisotopic (exact) mass is 468 g/mol. The van der Waals surface area contributed by atoms with Crippen LogP contribution in [0.2, 0.25) is 0 Å². The molecule has 11 nitrogen and oxygen atoms in total. The molecule has 3 aliphatic heterocycles. The largest absolute Gasteiger partial charge is 0.449 e. The van der Waals surface area contributed by atoms with Crippen molar-refractivity contribution in [3.63, 3.8) is 0 Å². The fourth-order valence-corrected chi connectivity index (χ4v) is 5.55. The molecule has 11 heteroatoms. The lowest BCUT2D eigenvalue weighted by atomic mass is 9.82. The molecular formula is C23H24N4O7. The predicted octanol–water partition coefficient (Wildman–Crippen LogP) is -0.124. The van der Waals surface area contributed by atoms with E-state index in [1.54, 1.807) is 35.2 Å². The molecule has 178 valence electrons. The van der Waals surface area contributed by atoms with Gasteiger partial charge < -0.3 is 30.6 Å². The quantitative estimate of drug-likeness (QED) is 0.328. The number of rotatable bonds is 6. The Morgan fingerprint density at radius 2 is 1.85 bits per heavy atom. The molecule has 0 aromatic heterocycles. The summed E-state index contributed by atoms with van der Waals surface area (Å²) in [6.07, 6.45) is -1.01. The Morgan fingerprint density at radius 1 is 1.15 bits per heavy atom. The molecule has 1 aliphatic carbocycles. The van der Waals surface area contributed by atoms with Crippen LogP contribution in [0.3, 0.4) is 0 Å². The summed E-state index contributed by atoms with van der Waals surface area (Å²) in [5.41, 5.74) is 10.8. The molecule has 2 fully saturated rings. The molecule has 2 saturated heterocycles. The number of nitrogens with two attached hydrogens (primary N) is 2. The number of nitrogens with zero attached hydrogens (tertiary/aromatic N) is 2. The number of allylic oxidation sites excluding steroid dienone is 2. The number of methoxy groups -OCH3 is 1. The number of primary amides is 1. The number of hydrogen-bond acceptors (Lipinski definition) is 10. The zero-order chi connectivity index (χ0) is 24.4. The Bertz CT molecular complexity index is 1180.